The highest BCUT2D eigenvalue weighted by Crippen LogP contribution is 2.41. The van der Waals surface area contributed by atoms with Crippen molar-refractivity contribution < 1.29 is 0 Å². The fourth-order valence-electron chi connectivity index (χ4n) is 2.45. The van der Waals surface area contributed by atoms with Crippen LogP contribution in [0.4, 0.5) is 0 Å². The summed E-state index contributed by atoms with van der Waals surface area (Å²) in [6, 6.07) is 0. The van der Waals surface area contributed by atoms with Gasteiger partial charge in [0, 0.05) is 0 Å². The van der Waals surface area contributed by atoms with Gasteiger partial charge in [0.05, 0.1) is 0 Å². The molecule has 0 N–H and O–H groups in total. The van der Waals surface area contributed by atoms with Crippen molar-refractivity contribution in [1.29, 1.82) is 0 Å². The maximum absolute atomic E-state index is 2.47. The summed E-state index contributed by atoms with van der Waals surface area (Å²) in [6.07, 6.45) is 12.2. The molecule has 16 heavy (non-hydrogen) atoms. The van der Waals surface area contributed by atoms with Gasteiger partial charge >= 0.3 is 0 Å². The number of allylic oxidation sites excluding steroid dienone is 2. The second-order valence-electron chi connectivity index (χ2n) is 5.90. The Morgan fingerprint density at radius 1 is 1.38 bits per heavy atom. The Hall–Kier alpha value is -0.260. The van der Waals surface area contributed by atoms with Gasteiger partial charge in [-0.15, -0.1) is 0 Å². The van der Waals surface area contributed by atoms with Crippen LogP contribution in [-0.4, -0.2) is 0 Å². The molecule has 0 heterocycles. The number of rotatable bonds is 8. The molecule has 1 rings (SSSR count). The highest BCUT2D eigenvalue weighted by molar-refractivity contribution is 5.02. The lowest BCUT2D eigenvalue weighted by Gasteiger charge is -2.12. The molecule has 0 aliphatic heterocycles. The van der Waals surface area contributed by atoms with Crippen molar-refractivity contribution in [3.63, 3.8) is 0 Å². The third-order valence-electron chi connectivity index (χ3n) is 4.29. The van der Waals surface area contributed by atoms with Gasteiger partial charge in [0.25, 0.3) is 0 Å². The van der Waals surface area contributed by atoms with Gasteiger partial charge in [-0.25, -0.2) is 0 Å². The molecule has 0 heteroatoms. The van der Waals surface area contributed by atoms with Crippen LogP contribution in [0.2, 0.25) is 0 Å². The Morgan fingerprint density at radius 2 is 2.06 bits per heavy atom. The van der Waals surface area contributed by atoms with E-state index in [4.69, 9.17) is 0 Å². The molecule has 1 aliphatic rings. The second-order valence-corrected chi connectivity index (χ2v) is 5.90. The lowest BCUT2D eigenvalue weighted by atomic mass is 9.94. The maximum Gasteiger partial charge on any atom is -0.0234 e. The predicted octanol–water partition coefficient (Wildman–Crippen LogP) is 5.59. The van der Waals surface area contributed by atoms with Gasteiger partial charge < -0.3 is 0 Å². The maximum atomic E-state index is 2.47. The van der Waals surface area contributed by atoms with Crippen molar-refractivity contribution in [2.45, 2.75) is 72.6 Å². The SMILES string of the molecule is CCCCC=C(C)C(C)CCCC1CC1C. The molecule has 1 saturated carbocycles. The number of unbranched alkanes of at least 4 members (excludes halogenated alkanes) is 2. The Bertz CT molecular complexity index is 214. The number of hydrogen-bond donors (Lipinski definition) is 0. The molecule has 94 valence electrons. The highest BCUT2D eigenvalue weighted by Gasteiger charge is 2.31. The third kappa shape index (κ3) is 5.18. The van der Waals surface area contributed by atoms with Gasteiger partial charge in [0.2, 0.25) is 0 Å². The topological polar surface area (TPSA) is 0 Å². The molecule has 3 atom stereocenters. The summed E-state index contributed by atoms with van der Waals surface area (Å²) in [5.74, 6) is 2.93. The third-order valence-corrected chi connectivity index (χ3v) is 4.29. The van der Waals surface area contributed by atoms with Crippen LogP contribution in [-0.2, 0) is 0 Å². The first-order valence-corrected chi connectivity index (χ1v) is 7.31. The molecule has 0 bridgehead atoms. The van der Waals surface area contributed by atoms with Crippen LogP contribution in [0, 0.1) is 17.8 Å². The van der Waals surface area contributed by atoms with E-state index in [-0.39, 0.29) is 0 Å². The largest absolute Gasteiger partial charge is 0.0853 e. The summed E-state index contributed by atoms with van der Waals surface area (Å²) in [5, 5.41) is 0. The minimum Gasteiger partial charge on any atom is -0.0853 e. The quantitative estimate of drug-likeness (QED) is 0.371. The van der Waals surface area contributed by atoms with Gasteiger partial charge in [-0.1, -0.05) is 58.1 Å². The van der Waals surface area contributed by atoms with Gasteiger partial charge in [-0.05, 0) is 43.9 Å². The van der Waals surface area contributed by atoms with Gasteiger partial charge in [0.15, 0.2) is 0 Å². The summed E-state index contributed by atoms with van der Waals surface area (Å²) in [5.41, 5.74) is 1.62. The molecule has 1 fully saturated rings. The molecule has 0 saturated heterocycles. The van der Waals surface area contributed by atoms with Crippen LogP contribution in [0.5, 0.6) is 0 Å². The van der Waals surface area contributed by atoms with Crippen LogP contribution in [0.3, 0.4) is 0 Å². The van der Waals surface area contributed by atoms with Crippen molar-refractivity contribution in [2.75, 3.05) is 0 Å². The Kier molecular flexibility index (Phi) is 6.16. The first-order chi connectivity index (χ1) is 7.65. The summed E-state index contributed by atoms with van der Waals surface area (Å²) >= 11 is 0. The van der Waals surface area contributed by atoms with Crippen LogP contribution >= 0.6 is 0 Å². The van der Waals surface area contributed by atoms with E-state index in [9.17, 15) is 0 Å². The van der Waals surface area contributed by atoms with Gasteiger partial charge in [-0.2, -0.15) is 0 Å². The van der Waals surface area contributed by atoms with Crippen molar-refractivity contribution in [3.8, 4) is 0 Å². The van der Waals surface area contributed by atoms with Crippen molar-refractivity contribution in [2.24, 2.45) is 17.8 Å². The van der Waals surface area contributed by atoms with E-state index in [0.29, 0.717) is 0 Å². The second kappa shape index (κ2) is 7.14. The van der Waals surface area contributed by atoms with E-state index in [2.05, 4.69) is 33.8 Å². The smallest absolute Gasteiger partial charge is 0.0234 e. The summed E-state index contributed by atoms with van der Waals surface area (Å²) in [6.45, 7) is 9.38. The lowest BCUT2D eigenvalue weighted by Crippen LogP contribution is -1.97. The Balaban J connectivity index is 2.07. The summed E-state index contributed by atoms with van der Waals surface area (Å²) in [7, 11) is 0. The lowest BCUT2D eigenvalue weighted by molar-refractivity contribution is 0.525. The standard InChI is InChI=1S/C16H30/c1-5-6-7-9-13(2)14(3)10-8-11-16-12-15(16)4/h9,14-16H,5-8,10-12H2,1-4H3. The molecule has 0 aromatic rings. The minimum absolute atomic E-state index is 0.811. The molecule has 0 amide bonds. The zero-order valence-corrected chi connectivity index (χ0v) is 11.8. The fourth-order valence-corrected chi connectivity index (χ4v) is 2.45. The van der Waals surface area contributed by atoms with E-state index in [1.54, 1.807) is 5.57 Å². The van der Waals surface area contributed by atoms with Crippen molar-refractivity contribution in [3.05, 3.63) is 11.6 Å². The molecule has 1 aliphatic carbocycles. The first kappa shape index (κ1) is 13.8. The van der Waals surface area contributed by atoms with Gasteiger partial charge in [0.1, 0.15) is 0 Å². The normalized spacial score (nSPS) is 26.9. The molecule has 0 aromatic heterocycles. The predicted molar refractivity (Wildman–Crippen MR) is 73.6 cm³/mol. The van der Waals surface area contributed by atoms with Crippen molar-refractivity contribution >= 4 is 0 Å². The van der Waals surface area contributed by atoms with E-state index in [0.717, 1.165) is 17.8 Å². The van der Waals surface area contributed by atoms with Crippen molar-refractivity contribution in [1.82, 2.24) is 0 Å². The zero-order valence-electron chi connectivity index (χ0n) is 11.8. The average molecular weight is 222 g/mol. The zero-order chi connectivity index (χ0) is 12.0. The van der Waals surface area contributed by atoms with Crippen LogP contribution < -0.4 is 0 Å². The monoisotopic (exact) mass is 222 g/mol. The molecule has 0 nitrogen and oxygen atoms in total. The molecule has 0 aromatic carbocycles. The molecular weight excluding hydrogens is 192 g/mol. The van der Waals surface area contributed by atoms with E-state index in [1.807, 2.05) is 0 Å². The highest BCUT2D eigenvalue weighted by atomic mass is 14.4. The number of hydrogen-bond acceptors (Lipinski definition) is 0. The first-order valence-electron chi connectivity index (χ1n) is 7.31. The summed E-state index contributed by atoms with van der Waals surface area (Å²) < 4.78 is 0. The molecule has 0 spiro atoms. The van der Waals surface area contributed by atoms with E-state index >= 15 is 0 Å². The average Bonchev–Trinajstić information content (AvgIpc) is 2.94. The fraction of sp³-hybridized carbons (Fsp3) is 0.875. The minimum atomic E-state index is 0.811. The Morgan fingerprint density at radius 3 is 2.62 bits per heavy atom. The van der Waals surface area contributed by atoms with Crippen LogP contribution in [0.25, 0.3) is 0 Å². The van der Waals surface area contributed by atoms with Crippen LogP contribution in [0.1, 0.15) is 72.6 Å². The summed E-state index contributed by atoms with van der Waals surface area (Å²) in [4.78, 5) is 0. The van der Waals surface area contributed by atoms with Gasteiger partial charge in [-0.3, -0.25) is 0 Å². The molecular formula is C16H30. The Labute approximate surface area is 103 Å². The van der Waals surface area contributed by atoms with Crippen LogP contribution in [0.15, 0.2) is 11.6 Å². The van der Waals surface area contributed by atoms with E-state index < -0.39 is 0 Å². The van der Waals surface area contributed by atoms with E-state index in [1.165, 1.54) is 44.9 Å². The molecule has 0 radical (unpaired) electrons. The molecule has 3 unspecified atom stereocenters.